The number of hydrogen-bond donors (Lipinski definition) is 2. The zero-order chi connectivity index (χ0) is 23.6. The summed E-state index contributed by atoms with van der Waals surface area (Å²) in [5.74, 6) is 0.0439. The molecule has 0 spiro atoms. The van der Waals surface area contributed by atoms with Crippen LogP contribution < -0.4 is 15.4 Å². The maximum atomic E-state index is 14.5. The van der Waals surface area contributed by atoms with Gasteiger partial charge in [0.1, 0.15) is 11.8 Å². The molecule has 3 rings (SSSR count). The quantitative estimate of drug-likeness (QED) is 0.459. The molecular weight excluding hydrogens is 441 g/mol. The first-order valence-electron chi connectivity index (χ1n) is 10.5. The number of nitrogens with zero attached hydrogens (tertiary/aromatic N) is 1. The lowest BCUT2D eigenvalue weighted by Crippen LogP contribution is -2.46. The highest BCUT2D eigenvalue weighted by Gasteiger charge is 2.21. The van der Waals surface area contributed by atoms with E-state index in [1.807, 2.05) is 19.2 Å². The van der Waals surface area contributed by atoms with Crippen LogP contribution in [-0.4, -0.2) is 34.8 Å². The Hall–Kier alpha value is -3.39. The lowest BCUT2D eigenvalue weighted by molar-refractivity contribution is -0.123. The van der Waals surface area contributed by atoms with E-state index in [1.54, 1.807) is 54.4 Å². The third-order valence-corrected chi connectivity index (χ3v) is 5.48. The van der Waals surface area contributed by atoms with Crippen LogP contribution in [0, 0.1) is 12.7 Å². The van der Waals surface area contributed by atoms with Gasteiger partial charge in [0.2, 0.25) is 5.91 Å². The monoisotopic (exact) mass is 467 g/mol. The van der Waals surface area contributed by atoms with Crippen molar-refractivity contribution in [2.45, 2.75) is 25.9 Å². The van der Waals surface area contributed by atoms with Gasteiger partial charge in [-0.3, -0.25) is 14.6 Å². The SMILES string of the molecule is CSCCC(NC(=O)c1cccc(C)c1)C(=O)NCc1ccc(Oc2cccnc2)c(F)c1. The second-order valence-corrected chi connectivity index (χ2v) is 8.44. The minimum atomic E-state index is -0.691. The molecule has 1 heterocycles. The number of carbonyl (C=O) groups is 2. The number of ether oxygens (including phenoxy) is 1. The van der Waals surface area contributed by atoms with Gasteiger partial charge in [0.25, 0.3) is 5.91 Å². The molecule has 8 heteroatoms. The number of amides is 2. The van der Waals surface area contributed by atoms with Crippen molar-refractivity contribution < 1.29 is 18.7 Å². The average Bonchev–Trinajstić information content (AvgIpc) is 2.82. The number of aromatic nitrogens is 1. The van der Waals surface area contributed by atoms with E-state index in [1.165, 1.54) is 18.3 Å². The first-order valence-corrected chi connectivity index (χ1v) is 11.9. The third kappa shape index (κ3) is 7.32. The van der Waals surface area contributed by atoms with E-state index < -0.39 is 11.9 Å². The molecule has 0 saturated carbocycles. The summed E-state index contributed by atoms with van der Waals surface area (Å²) in [5, 5.41) is 5.61. The van der Waals surface area contributed by atoms with E-state index in [2.05, 4.69) is 15.6 Å². The van der Waals surface area contributed by atoms with Crippen LogP contribution in [0.1, 0.15) is 27.9 Å². The van der Waals surface area contributed by atoms with Gasteiger partial charge in [-0.25, -0.2) is 4.39 Å². The Balaban J connectivity index is 1.61. The molecule has 0 aliphatic heterocycles. The molecule has 0 aliphatic rings. The van der Waals surface area contributed by atoms with E-state index in [4.69, 9.17) is 4.74 Å². The molecule has 1 aromatic heterocycles. The summed E-state index contributed by atoms with van der Waals surface area (Å²) in [7, 11) is 0. The average molecular weight is 468 g/mol. The fourth-order valence-electron chi connectivity index (χ4n) is 3.12. The summed E-state index contributed by atoms with van der Waals surface area (Å²) in [6.07, 6.45) is 5.52. The van der Waals surface area contributed by atoms with Crippen LogP contribution >= 0.6 is 11.8 Å². The first-order chi connectivity index (χ1) is 16.0. The van der Waals surface area contributed by atoms with Crippen molar-refractivity contribution in [3.63, 3.8) is 0 Å². The summed E-state index contributed by atoms with van der Waals surface area (Å²) in [6, 6.07) is 14.4. The topological polar surface area (TPSA) is 80.3 Å². The Labute approximate surface area is 197 Å². The van der Waals surface area contributed by atoms with Crippen molar-refractivity contribution in [1.29, 1.82) is 0 Å². The van der Waals surface area contributed by atoms with Crippen LogP contribution in [0.25, 0.3) is 0 Å². The summed E-state index contributed by atoms with van der Waals surface area (Å²) in [5.41, 5.74) is 2.04. The number of benzene rings is 2. The van der Waals surface area contributed by atoms with E-state index in [0.717, 1.165) is 5.56 Å². The molecule has 33 heavy (non-hydrogen) atoms. The molecule has 2 aromatic carbocycles. The van der Waals surface area contributed by atoms with Gasteiger partial charge < -0.3 is 15.4 Å². The molecule has 2 N–H and O–H groups in total. The third-order valence-electron chi connectivity index (χ3n) is 4.84. The van der Waals surface area contributed by atoms with Gasteiger partial charge >= 0.3 is 0 Å². The van der Waals surface area contributed by atoms with Gasteiger partial charge in [-0.05, 0) is 67.3 Å². The molecule has 0 radical (unpaired) electrons. The first kappa shape index (κ1) is 24.3. The predicted octanol–water partition coefficient (Wildman–Crippen LogP) is 4.49. The van der Waals surface area contributed by atoms with Gasteiger partial charge in [-0.2, -0.15) is 11.8 Å². The zero-order valence-electron chi connectivity index (χ0n) is 18.5. The highest BCUT2D eigenvalue weighted by atomic mass is 32.2. The van der Waals surface area contributed by atoms with Gasteiger partial charge in [0, 0.05) is 18.3 Å². The van der Waals surface area contributed by atoms with Crippen molar-refractivity contribution in [2.75, 3.05) is 12.0 Å². The minimum absolute atomic E-state index is 0.0707. The number of carbonyl (C=O) groups excluding carboxylic acids is 2. The molecular formula is C25H26FN3O3S. The number of nitrogens with one attached hydrogen (secondary N) is 2. The number of pyridine rings is 1. The van der Waals surface area contributed by atoms with Gasteiger partial charge in [0.05, 0.1) is 6.20 Å². The highest BCUT2D eigenvalue weighted by Crippen LogP contribution is 2.24. The van der Waals surface area contributed by atoms with Crippen LogP contribution in [-0.2, 0) is 11.3 Å². The van der Waals surface area contributed by atoms with Crippen molar-refractivity contribution in [3.8, 4) is 11.5 Å². The van der Waals surface area contributed by atoms with Crippen LogP contribution in [0.4, 0.5) is 4.39 Å². The van der Waals surface area contributed by atoms with E-state index in [0.29, 0.717) is 29.1 Å². The fourth-order valence-corrected chi connectivity index (χ4v) is 3.59. The van der Waals surface area contributed by atoms with Crippen LogP contribution in [0.15, 0.2) is 67.0 Å². The molecule has 3 aromatic rings. The summed E-state index contributed by atoms with van der Waals surface area (Å²) in [6.45, 7) is 2.03. The van der Waals surface area contributed by atoms with E-state index >= 15 is 0 Å². The van der Waals surface area contributed by atoms with Gasteiger partial charge in [-0.15, -0.1) is 0 Å². The Morgan fingerprint density at radius 2 is 2.00 bits per heavy atom. The van der Waals surface area contributed by atoms with Gasteiger partial charge in [0.15, 0.2) is 11.6 Å². The summed E-state index contributed by atoms with van der Waals surface area (Å²) >= 11 is 1.59. The number of aryl methyl sites for hydroxylation is 1. The molecule has 1 atom stereocenters. The lowest BCUT2D eigenvalue weighted by Gasteiger charge is -2.18. The lowest BCUT2D eigenvalue weighted by atomic mass is 10.1. The number of rotatable bonds is 10. The maximum absolute atomic E-state index is 14.5. The van der Waals surface area contributed by atoms with E-state index in [-0.39, 0.29) is 24.1 Å². The van der Waals surface area contributed by atoms with Crippen LogP contribution in [0.5, 0.6) is 11.5 Å². The minimum Gasteiger partial charge on any atom is -0.453 e. The second-order valence-electron chi connectivity index (χ2n) is 7.45. The second kappa shape index (κ2) is 12.0. The molecule has 0 bridgehead atoms. The zero-order valence-corrected chi connectivity index (χ0v) is 19.3. The smallest absolute Gasteiger partial charge is 0.251 e. The predicted molar refractivity (Wildman–Crippen MR) is 128 cm³/mol. The summed E-state index contributed by atoms with van der Waals surface area (Å²) in [4.78, 5) is 29.3. The Morgan fingerprint density at radius 3 is 2.70 bits per heavy atom. The van der Waals surface area contributed by atoms with Crippen molar-refractivity contribution in [1.82, 2.24) is 15.6 Å². The molecule has 1 unspecified atom stereocenters. The number of hydrogen-bond acceptors (Lipinski definition) is 5. The normalized spacial score (nSPS) is 11.5. The van der Waals surface area contributed by atoms with Crippen molar-refractivity contribution in [3.05, 3.63) is 89.5 Å². The summed E-state index contributed by atoms with van der Waals surface area (Å²) < 4.78 is 20.0. The molecule has 0 aliphatic carbocycles. The van der Waals surface area contributed by atoms with Crippen molar-refractivity contribution in [2.24, 2.45) is 0 Å². The molecule has 0 saturated heterocycles. The van der Waals surface area contributed by atoms with Gasteiger partial charge in [-0.1, -0.05) is 23.8 Å². The molecule has 2 amide bonds. The van der Waals surface area contributed by atoms with Crippen LogP contribution in [0.3, 0.4) is 0 Å². The highest BCUT2D eigenvalue weighted by molar-refractivity contribution is 7.98. The Bertz CT molecular complexity index is 1100. The fraction of sp³-hybridized carbons (Fsp3) is 0.240. The van der Waals surface area contributed by atoms with Crippen LogP contribution in [0.2, 0.25) is 0 Å². The standard InChI is InChI=1S/C25H26FN3O3S/c1-17-5-3-6-19(13-17)24(30)29-22(10-12-33-2)25(31)28-15-18-8-9-23(21(26)14-18)32-20-7-4-11-27-16-20/h3-9,11,13-14,16,22H,10,12,15H2,1-2H3,(H,28,31)(H,29,30). The Kier molecular flexibility index (Phi) is 8.83. The molecule has 6 nitrogen and oxygen atoms in total. The number of thioether (sulfide) groups is 1. The Morgan fingerprint density at radius 1 is 1.15 bits per heavy atom. The van der Waals surface area contributed by atoms with Crippen molar-refractivity contribution >= 4 is 23.6 Å². The molecule has 172 valence electrons. The largest absolute Gasteiger partial charge is 0.453 e. The molecule has 0 fully saturated rings. The number of halogens is 1. The maximum Gasteiger partial charge on any atom is 0.251 e. The van der Waals surface area contributed by atoms with E-state index in [9.17, 15) is 14.0 Å².